The van der Waals surface area contributed by atoms with Gasteiger partial charge in [-0.25, -0.2) is 4.39 Å². The van der Waals surface area contributed by atoms with Gasteiger partial charge in [-0.15, -0.1) is 0 Å². The smallest absolute Gasteiger partial charge is 0.254 e. The molecule has 1 unspecified atom stereocenters. The van der Waals surface area contributed by atoms with Crippen molar-refractivity contribution in [1.29, 1.82) is 0 Å². The van der Waals surface area contributed by atoms with E-state index in [0.717, 1.165) is 0 Å². The Bertz CT molecular complexity index is 711. The second-order valence-corrected chi connectivity index (χ2v) is 6.97. The van der Waals surface area contributed by atoms with Gasteiger partial charge in [-0.1, -0.05) is 25.1 Å². The number of aldehydes is 1. The number of carbonyl (C=O) groups is 2. The molecule has 5 nitrogen and oxygen atoms in total. The maximum absolute atomic E-state index is 14.6. The largest absolute Gasteiger partial charge is 0.347 e. The Labute approximate surface area is 146 Å². The monoisotopic (exact) mass is 347 g/mol. The highest BCUT2D eigenvalue weighted by atomic mass is 19.1. The Morgan fingerprint density at radius 1 is 1.32 bits per heavy atom. The van der Waals surface area contributed by atoms with Gasteiger partial charge in [-0.05, 0) is 12.1 Å². The van der Waals surface area contributed by atoms with Gasteiger partial charge >= 0.3 is 0 Å². The zero-order valence-electron chi connectivity index (χ0n) is 14.5. The van der Waals surface area contributed by atoms with Gasteiger partial charge in [-0.2, -0.15) is 0 Å². The summed E-state index contributed by atoms with van der Waals surface area (Å²) < 4.78 is 26.0. The van der Waals surface area contributed by atoms with Crippen molar-refractivity contribution in [2.75, 3.05) is 26.8 Å². The van der Waals surface area contributed by atoms with Crippen LogP contribution in [0.25, 0.3) is 0 Å². The molecule has 0 bridgehead atoms. The van der Waals surface area contributed by atoms with Gasteiger partial charge in [0.25, 0.3) is 5.91 Å². The average Bonchev–Trinajstić information content (AvgIpc) is 3.05. The van der Waals surface area contributed by atoms with Crippen LogP contribution in [0.2, 0.25) is 0 Å². The van der Waals surface area contributed by atoms with E-state index in [0.29, 0.717) is 43.5 Å². The predicted molar refractivity (Wildman–Crippen MR) is 90.0 cm³/mol. The van der Waals surface area contributed by atoms with E-state index in [1.807, 2.05) is 0 Å². The molecule has 0 saturated carbocycles. The summed E-state index contributed by atoms with van der Waals surface area (Å²) in [6.45, 7) is 2.91. The number of hydrogen-bond acceptors (Lipinski definition) is 4. The number of rotatable bonds is 4. The Morgan fingerprint density at radius 3 is 2.68 bits per heavy atom. The molecule has 0 N–H and O–H groups in total. The third kappa shape index (κ3) is 3.37. The molecule has 1 aromatic carbocycles. The summed E-state index contributed by atoms with van der Waals surface area (Å²) in [4.78, 5) is 25.3. The summed E-state index contributed by atoms with van der Waals surface area (Å²) in [7, 11) is 1.61. The number of nitrogens with zero attached hydrogens (tertiary/aromatic N) is 1. The normalized spacial score (nSPS) is 24.8. The van der Waals surface area contributed by atoms with Crippen molar-refractivity contribution in [1.82, 2.24) is 4.90 Å². The lowest BCUT2D eigenvalue weighted by molar-refractivity contribution is -0.181. The molecule has 1 aliphatic carbocycles. The number of benzene rings is 1. The first-order chi connectivity index (χ1) is 11.9. The van der Waals surface area contributed by atoms with Crippen molar-refractivity contribution >= 4 is 12.2 Å². The Kier molecular flexibility index (Phi) is 4.75. The molecule has 134 valence electrons. The predicted octanol–water partition coefficient (Wildman–Crippen LogP) is 2.97. The topological polar surface area (TPSA) is 55.8 Å². The average molecular weight is 347 g/mol. The first-order valence-electron chi connectivity index (χ1n) is 8.33. The van der Waals surface area contributed by atoms with Gasteiger partial charge in [0.2, 0.25) is 0 Å². The molecule has 1 amide bonds. The van der Waals surface area contributed by atoms with Crippen molar-refractivity contribution in [3.8, 4) is 0 Å². The molecule has 1 aromatic rings. The van der Waals surface area contributed by atoms with E-state index >= 15 is 0 Å². The number of carbonyl (C=O) groups excluding carboxylic acids is 2. The van der Waals surface area contributed by atoms with Crippen LogP contribution in [-0.4, -0.2) is 49.7 Å². The number of ether oxygens (including phenoxy) is 2. The summed E-state index contributed by atoms with van der Waals surface area (Å²) in [6, 6.07) is 6.59. The lowest BCUT2D eigenvalue weighted by Crippen LogP contribution is -2.46. The highest BCUT2D eigenvalue weighted by Gasteiger charge is 2.48. The minimum absolute atomic E-state index is 0.163. The molecule has 1 aliphatic heterocycles. The Morgan fingerprint density at radius 2 is 2.00 bits per heavy atom. The fraction of sp³-hybridized carbons (Fsp3) is 0.474. The van der Waals surface area contributed by atoms with Gasteiger partial charge in [0.05, 0.1) is 18.8 Å². The Balaban J connectivity index is 1.80. The molecular formula is C19H22FNO4. The SMILES string of the molecule is CN(CC1(C)CC2(CC=C1F)OCCO2)C(=O)c1ccccc1C=O. The summed E-state index contributed by atoms with van der Waals surface area (Å²) in [5, 5.41) is 0. The Hall–Kier alpha value is -2.05. The minimum Gasteiger partial charge on any atom is -0.347 e. The van der Waals surface area contributed by atoms with Crippen LogP contribution in [0.15, 0.2) is 36.2 Å². The highest BCUT2D eigenvalue weighted by Crippen LogP contribution is 2.46. The molecule has 0 aromatic heterocycles. The number of hydrogen-bond donors (Lipinski definition) is 0. The second-order valence-electron chi connectivity index (χ2n) is 6.97. The molecule has 2 aliphatic rings. The van der Waals surface area contributed by atoms with Gasteiger partial charge in [0.1, 0.15) is 5.83 Å². The fourth-order valence-corrected chi connectivity index (χ4v) is 3.69. The van der Waals surface area contributed by atoms with Crippen molar-refractivity contribution in [3.63, 3.8) is 0 Å². The molecule has 1 spiro atoms. The fourth-order valence-electron chi connectivity index (χ4n) is 3.69. The molecule has 1 atom stereocenters. The highest BCUT2D eigenvalue weighted by molar-refractivity contribution is 6.01. The lowest BCUT2D eigenvalue weighted by atomic mass is 9.76. The van der Waals surface area contributed by atoms with E-state index in [-0.39, 0.29) is 18.3 Å². The van der Waals surface area contributed by atoms with E-state index in [9.17, 15) is 14.0 Å². The van der Waals surface area contributed by atoms with E-state index < -0.39 is 11.2 Å². The first-order valence-corrected chi connectivity index (χ1v) is 8.33. The zero-order valence-corrected chi connectivity index (χ0v) is 14.5. The van der Waals surface area contributed by atoms with Crippen LogP contribution < -0.4 is 0 Å². The van der Waals surface area contributed by atoms with Gasteiger partial charge < -0.3 is 14.4 Å². The number of halogens is 1. The van der Waals surface area contributed by atoms with Crippen molar-refractivity contribution in [3.05, 3.63) is 47.3 Å². The molecule has 6 heteroatoms. The van der Waals surface area contributed by atoms with Crippen LogP contribution in [0, 0.1) is 5.41 Å². The van der Waals surface area contributed by atoms with Gasteiger partial charge in [0.15, 0.2) is 12.1 Å². The van der Waals surface area contributed by atoms with E-state index in [4.69, 9.17) is 9.47 Å². The van der Waals surface area contributed by atoms with Crippen LogP contribution in [0.3, 0.4) is 0 Å². The van der Waals surface area contributed by atoms with Crippen LogP contribution >= 0.6 is 0 Å². The van der Waals surface area contributed by atoms with E-state index in [1.165, 1.54) is 11.0 Å². The van der Waals surface area contributed by atoms with Crippen LogP contribution in [0.5, 0.6) is 0 Å². The maximum Gasteiger partial charge on any atom is 0.254 e. The summed E-state index contributed by atoms with van der Waals surface area (Å²) in [5.41, 5.74) is -0.265. The molecule has 1 saturated heterocycles. The molecule has 25 heavy (non-hydrogen) atoms. The third-order valence-electron chi connectivity index (χ3n) is 4.89. The van der Waals surface area contributed by atoms with E-state index in [1.54, 1.807) is 38.2 Å². The molecule has 3 rings (SSSR count). The second kappa shape index (κ2) is 6.69. The van der Waals surface area contributed by atoms with Crippen LogP contribution in [0.4, 0.5) is 4.39 Å². The first kappa shape index (κ1) is 17.8. The quantitative estimate of drug-likeness (QED) is 0.786. The summed E-state index contributed by atoms with van der Waals surface area (Å²) in [6.07, 6.45) is 2.86. The van der Waals surface area contributed by atoms with E-state index in [2.05, 4.69) is 0 Å². The van der Waals surface area contributed by atoms with Gasteiger partial charge in [0, 0.05) is 37.4 Å². The van der Waals surface area contributed by atoms with Crippen LogP contribution in [-0.2, 0) is 9.47 Å². The lowest BCUT2D eigenvalue weighted by Gasteiger charge is -2.42. The third-order valence-corrected chi connectivity index (χ3v) is 4.89. The van der Waals surface area contributed by atoms with Crippen molar-refractivity contribution in [2.24, 2.45) is 5.41 Å². The minimum atomic E-state index is -0.900. The van der Waals surface area contributed by atoms with Crippen molar-refractivity contribution in [2.45, 2.75) is 25.6 Å². The summed E-state index contributed by atoms with van der Waals surface area (Å²) >= 11 is 0. The summed E-state index contributed by atoms with van der Waals surface area (Å²) in [5.74, 6) is -1.38. The standard InChI is InChI=1S/C19H22FNO4/c1-18(12-19(8-7-16(18)20)24-9-10-25-19)13-21(2)17(23)15-6-4-3-5-14(15)11-22/h3-7,11H,8-10,12-13H2,1-2H3. The molecular weight excluding hydrogens is 325 g/mol. The van der Waals surface area contributed by atoms with Crippen LogP contribution in [0.1, 0.15) is 40.5 Å². The zero-order chi connectivity index (χ0) is 18.1. The van der Waals surface area contributed by atoms with Gasteiger partial charge in [-0.3, -0.25) is 9.59 Å². The maximum atomic E-state index is 14.6. The van der Waals surface area contributed by atoms with Crippen molar-refractivity contribution < 1.29 is 23.5 Å². The molecule has 0 radical (unpaired) electrons. The number of amides is 1. The molecule has 1 heterocycles. The molecule has 1 fully saturated rings.